The molecule has 1 spiro atoms. The molecule has 0 N–H and O–H groups in total. The molecule has 5 aliphatic rings. The number of fused-ring (bicyclic) bond motifs is 8. The van der Waals surface area contributed by atoms with Crippen molar-refractivity contribution >= 4 is 16.9 Å². The van der Waals surface area contributed by atoms with Crippen molar-refractivity contribution in [3.63, 3.8) is 0 Å². The summed E-state index contributed by atoms with van der Waals surface area (Å²) in [5.74, 6) is 0.377. The lowest BCUT2D eigenvalue weighted by molar-refractivity contribution is -0.123. The highest BCUT2D eigenvalue weighted by atomic mass is 16.1. The first-order valence-electron chi connectivity index (χ1n) is 18.5. The molecule has 3 nitrogen and oxygen atoms in total. The molecule has 0 bridgehead atoms. The Balaban J connectivity index is 1.35. The summed E-state index contributed by atoms with van der Waals surface area (Å²) in [6.07, 6.45) is 15.7. The number of carbonyl (C=O) groups is 1. The van der Waals surface area contributed by atoms with Crippen molar-refractivity contribution in [2.75, 3.05) is 6.54 Å². The van der Waals surface area contributed by atoms with E-state index in [1.54, 1.807) is 0 Å². The monoisotopic (exact) mass is 662 g/mol. The molecule has 4 aromatic carbocycles. The van der Waals surface area contributed by atoms with Gasteiger partial charge in [0.15, 0.2) is 0 Å². The largest absolute Gasteiger partial charge is 0.298 e. The molecule has 1 fully saturated rings. The number of allylic oxidation sites excluding steroid dienone is 9. The van der Waals surface area contributed by atoms with Crippen molar-refractivity contribution in [1.82, 2.24) is 4.90 Å². The summed E-state index contributed by atoms with van der Waals surface area (Å²) in [5.41, 5.74) is 13.0. The number of benzene rings is 4. The van der Waals surface area contributed by atoms with Crippen molar-refractivity contribution in [2.45, 2.75) is 51.1 Å². The van der Waals surface area contributed by atoms with Crippen molar-refractivity contribution in [2.24, 2.45) is 17.3 Å². The number of rotatable bonds is 6. The van der Waals surface area contributed by atoms with E-state index < -0.39 is 11.0 Å². The minimum Gasteiger partial charge on any atom is -0.298 e. The van der Waals surface area contributed by atoms with Crippen molar-refractivity contribution in [1.29, 1.82) is 5.26 Å². The third-order valence-electron chi connectivity index (χ3n) is 12.8. The molecule has 9 rings (SSSR count). The molecule has 2 heterocycles. The number of Topliss-reactive ketones (excluding diaryl/α,β-unsaturated/α-hetero) is 1. The number of ketones is 1. The van der Waals surface area contributed by atoms with E-state index in [9.17, 15) is 10.1 Å². The quantitative estimate of drug-likeness (QED) is 0.207. The van der Waals surface area contributed by atoms with Crippen LogP contribution >= 0.6 is 0 Å². The van der Waals surface area contributed by atoms with Gasteiger partial charge < -0.3 is 0 Å². The van der Waals surface area contributed by atoms with Gasteiger partial charge in [-0.1, -0.05) is 134 Å². The summed E-state index contributed by atoms with van der Waals surface area (Å²) >= 11 is 0. The number of nitriles is 1. The van der Waals surface area contributed by atoms with Crippen LogP contribution < -0.4 is 0 Å². The second-order valence-electron chi connectivity index (χ2n) is 15.0. The summed E-state index contributed by atoms with van der Waals surface area (Å²) < 4.78 is 0. The predicted octanol–water partition coefficient (Wildman–Crippen LogP) is 9.83. The van der Waals surface area contributed by atoms with Gasteiger partial charge in [0, 0.05) is 17.9 Å². The molecule has 5 atom stereocenters. The zero-order chi connectivity index (χ0) is 34.7. The van der Waals surface area contributed by atoms with E-state index in [-0.39, 0.29) is 23.7 Å². The Morgan fingerprint density at radius 1 is 0.863 bits per heavy atom. The predicted molar refractivity (Wildman–Crippen MR) is 205 cm³/mol. The Labute approximate surface area is 301 Å². The highest BCUT2D eigenvalue weighted by molar-refractivity contribution is 5.87. The van der Waals surface area contributed by atoms with Gasteiger partial charge in [0.25, 0.3) is 0 Å². The van der Waals surface area contributed by atoms with Crippen LogP contribution in [0, 0.1) is 28.6 Å². The summed E-state index contributed by atoms with van der Waals surface area (Å²) in [4.78, 5) is 16.9. The van der Waals surface area contributed by atoms with Gasteiger partial charge in [-0.05, 0) is 106 Å². The van der Waals surface area contributed by atoms with Crippen LogP contribution in [-0.2, 0) is 23.2 Å². The van der Waals surface area contributed by atoms with E-state index >= 15 is 0 Å². The Morgan fingerprint density at radius 3 is 2.25 bits per heavy atom. The van der Waals surface area contributed by atoms with Crippen molar-refractivity contribution in [3.05, 3.63) is 190 Å². The molecule has 0 radical (unpaired) electrons. The Kier molecular flexibility index (Phi) is 7.57. The standard InChI is InChI=1S/C48H42N2O/c1-32-46(33(2)51)50-28-26-38-15-9-10-16-43(38)47(50,27-25-34-17-19-35(31-49)20-18-34)48(32)44-29-39(36-11-5-3-6-12-36)21-23-41(44)42-24-22-40(30-45(42)48)37-13-7-4-8-14-37/h3-23,29-30,32,44,46H,24-28H2,1-2H3/t32-,44?,46?,47-,48?/m1/s1. The summed E-state index contributed by atoms with van der Waals surface area (Å²) in [6, 6.07) is 40.9. The summed E-state index contributed by atoms with van der Waals surface area (Å²) in [6.45, 7) is 5.07. The third kappa shape index (κ3) is 4.56. The first-order chi connectivity index (χ1) is 25.0. The maximum atomic E-state index is 14.2. The van der Waals surface area contributed by atoms with Gasteiger partial charge in [-0.3, -0.25) is 9.69 Å². The molecule has 3 unspecified atom stereocenters. The minimum absolute atomic E-state index is 0.0424. The van der Waals surface area contributed by atoms with Gasteiger partial charge in [-0.2, -0.15) is 5.26 Å². The van der Waals surface area contributed by atoms with Crippen LogP contribution in [0.1, 0.15) is 60.1 Å². The molecule has 3 aliphatic carbocycles. The van der Waals surface area contributed by atoms with Gasteiger partial charge in [-0.25, -0.2) is 0 Å². The van der Waals surface area contributed by atoms with Gasteiger partial charge in [0.2, 0.25) is 0 Å². The highest BCUT2D eigenvalue weighted by Crippen LogP contribution is 2.74. The average Bonchev–Trinajstić information content (AvgIpc) is 3.61. The number of aryl methyl sites for hydroxylation is 1. The first kappa shape index (κ1) is 31.7. The molecule has 3 heteroatoms. The lowest BCUT2D eigenvalue weighted by Gasteiger charge is -2.56. The molecule has 250 valence electrons. The van der Waals surface area contributed by atoms with Gasteiger partial charge in [-0.15, -0.1) is 0 Å². The van der Waals surface area contributed by atoms with Crippen LogP contribution in [0.15, 0.2) is 156 Å². The molecule has 0 aromatic heterocycles. The Morgan fingerprint density at radius 2 is 1.55 bits per heavy atom. The fourth-order valence-electron chi connectivity index (χ4n) is 11.0. The van der Waals surface area contributed by atoms with E-state index in [1.807, 2.05) is 19.1 Å². The highest BCUT2D eigenvalue weighted by Gasteiger charge is 2.74. The van der Waals surface area contributed by atoms with E-state index in [0.29, 0.717) is 5.56 Å². The number of hydrogen-bond acceptors (Lipinski definition) is 3. The minimum atomic E-state index is -0.461. The summed E-state index contributed by atoms with van der Waals surface area (Å²) in [7, 11) is 0. The zero-order valence-electron chi connectivity index (χ0n) is 29.3. The molecule has 0 saturated carbocycles. The fourth-order valence-corrected chi connectivity index (χ4v) is 11.0. The van der Waals surface area contributed by atoms with Crippen LogP contribution in [0.25, 0.3) is 11.1 Å². The van der Waals surface area contributed by atoms with Crippen molar-refractivity contribution in [3.8, 4) is 6.07 Å². The maximum absolute atomic E-state index is 14.2. The fraction of sp³-hybridized carbons (Fsp3) is 0.250. The van der Waals surface area contributed by atoms with E-state index in [2.05, 4.69) is 145 Å². The second kappa shape index (κ2) is 12.2. The molecular weight excluding hydrogens is 621 g/mol. The van der Waals surface area contributed by atoms with E-state index in [0.717, 1.165) is 32.2 Å². The topological polar surface area (TPSA) is 44.1 Å². The molecule has 4 aromatic rings. The average molecular weight is 663 g/mol. The maximum Gasteiger partial charge on any atom is 0.147 e. The zero-order valence-corrected chi connectivity index (χ0v) is 29.3. The van der Waals surface area contributed by atoms with E-state index in [4.69, 9.17) is 0 Å². The van der Waals surface area contributed by atoms with E-state index in [1.165, 1.54) is 55.7 Å². The van der Waals surface area contributed by atoms with Gasteiger partial charge in [0.05, 0.1) is 23.2 Å². The Hall–Kier alpha value is -5.30. The number of nitrogens with zero attached hydrogens (tertiary/aromatic N) is 2. The Bertz CT molecular complexity index is 2250. The molecule has 51 heavy (non-hydrogen) atoms. The van der Waals surface area contributed by atoms with Crippen molar-refractivity contribution < 1.29 is 4.79 Å². The van der Waals surface area contributed by atoms with Gasteiger partial charge in [0.1, 0.15) is 5.78 Å². The number of hydrogen-bond donors (Lipinski definition) is 0. The molecular formula is C48H42N2O. The lowest BCUT2D eigenvalue weighted by atomic mass is 9.50. The van der Waals surface area contributed by atoms with Gasteiger partial charge >= 0.3 is 0 Å². The van der Waals surface area contributed by atoms with Crippen LogP contribution in [0.2, 0.25) is 0 Å². The van der Waals surface area contributed by atoms with Crippen LogP contribution in [0.4, 0.5) is 0 Å². The van der Waals surface area contributed by atoms with Crippen LogP contribution in [0.3, 0.4) is 0 Å². The van der Waals surface area contributed by atoms with Crippen LogP contribution in [-0.4, -0.2) is 23.3 Å². The smallest absolute Gasteiger partial charge is 0.147 e. The first-order valence-corrected chi connectivity index (χ1v) is 18.5. The van der Waals surface area contributed by atoms with Crippen LogP contribution in [0.5, 0.6) is 0 Å². The molecule has 1 saturated heterocycles. The molecule has 0 amide bonds. The second-order valence-corrected chi connectivity index (χ2v) is 15.0. The summed E-state index contributed by atoms with van der Waals surface area (Å²) in [5, 5.41) is 9.56. The lowest BCUT2D eigenvalue weighted by Crippen LogP contribution is -2.58. The normalized spacial score (nSPS) is 27.5. The number of carbonyl (C=O) groups excluding carboxylic acids is 1. The SMILES string of the molecule is CC(=O)C1[C@@H](C)C2(C3=CC(c4ccccc4)=CCC3=C3C=CC(c4ccccc4)=CC32)[C@@]2(CCc3ccc(C#N)cc3)c3ccccc3CCN12. The third-order valence-corrected chi connectivity index (χ3v) is 12.8. The molecule has 2 aliphatic heterocycles.